The van der Waals surface area contributed by atoms with E-state index in [9.17, 15) is 15.0 Å². The average molecular weight is 310 g/mol. The predicted molar refractivity (Wildman–Crippen MR) is 89.5 cm³/mol. The summed E-state index contributed by atoms with van der Waals surface area (Å²) >= 11 is 0. The minimum atomic E-state index is 0.107. The number of rotatable bonds is 4. The molecule has 1 saturated carbocycles. The lowest BCUT2D eigenvalue weighted by molar-refractivity contribution is -0.125. The van der Waals surface area contributed by atoms with Crippen molar-refractivity contribution in [2.75, 3.05) is 0 Å². The van der Waals surface area contributed by atoms with E-state index >= 15 is 0 Å². The number of phenols is 2. The number of aromatic hydroxyl groups is 2. The fourth-order valence-electron chi connectivity index (χ4n) is 3.42. The normalized spacial score (nSPS) is 21.3. The predicted octanol–water partition coefficient (Wildman–Crippen LogP) is 3.87. The Morgan fingerprint density at radius 3 is 1.83 bits per heavy atom. The first-order chi connectivity index (χ1) is 11.1. The van der Waals surface area contributed by atoms with E-state index in [0.717, 1.165) is 31.2 Å². The minimum Gasteiger partial charge on any atom is -0.508 e. The van der Waals surface area contributed by atoms with Gasteiger partial charge in [-0.05, 0) is 67.0 Å². The van der Waals surface area contributed by atoms with Crippen LogP contribution in [0.15, 0.2) is 48.5 Å². The van der Waals surface area contributed by atoms with Crippen molar-refractivity contribution in [3.05, 3.63) is 59.7 Å². The molecular formula is C20H22O3. The third-order valence-electron chi connectivity index (χ3n) is 4.75. The van der Waals surface area contributed by atoms with Gasteiger partial charge in [-0.15, -0.1) is 0 Å². The third kappa shape index (κ3) is 4.13. The molecule has 2 atom stereocenters. The SMILES string of the molecule is O=C1CC(Cc2ccc(O)cc2)CCC1Cc1ccc(O)cc1. The number of benzene rings is 2. The van der Waals surface area contributed by atoms with Gasteiger partial charge < -0.3 is 10.2 Å². The third-order valence-corrected chi connectivity index (χ3v) is 4.75. The summed E-state index contributed by atoms with van der Waals surface area (Å²) in [6, 6.07) is 14.4. The molecule has 1 fully saturated rings. The smallest absolute Gasteiger partial charge is 0.136 e. The number of hydrogen-bond donors (Lipinski definition) is 2. The Bertz CT molecular complexity index is 658. The molecule has 0 spiro atoms. The Hall–Kier alpha value is -2.29. The maximum Gasteiger partial charge on any atom is 0.136 e. The van der Waals surface area contributed by atoms with Gasteiger partial charge in [0.25, 0.3) is 0 Å². The van der Waals surface area contributed by atoms with Crippen molar-refractivity contribution >= 4 is 5.78 Å². The van der Waals surface area contributed by atoms with E-state index in [4.69, 9.17) is 0 Å². The average Bonchev–Trinajstić information content (AvgIpc) is 2.54. The lowest BCUT2D eigenvalue weighted by Gasteiger charge is -2.27. The molecule has 1 aliphatic rings. The molecule has 3 nitrogen and oxygen atoms in total. The van der Waals surface area contributed by atoms with Gasteiger partial charge in [0.2, 0.25) is 0 Å². The summed E-state index contributed by atoms with van der Waals surface area (Å²) in [4.78, 5) is 12.4. The van der Waals surface area contributed by atoms with Crippen LogP contribution in [0.3, 0.4) is 0 Å². The van der Waals surface area contributed by atoms with Crippen LogP contribution in [0.5, 0.6) is 11.5 Å². The first-order valence-electron chi connectivity index (χ1n) is 8.18. The maximum atomic E-state index is 12.4. The summed E-state index contributed by atoms with van der Waals surface area (Å²) < 4.78 is 0. The van der Waals surface area contributed by atoms with E-state index in [1.165, 1.54) is 5.56 Å². The lowest BCUT2D eigenvalue weighted by atomic mass is 9.76. The molecule has 0 bridgehead atoms. The van der Waals surface area contributed by atoms with Gasteiger partial charge in [-0.3, -0.25) is 4.79 Å². The molecule has 1 aliphatic carbocycles. The second-order valence-corrected chi connectivity index (χ2v) is 6.55. The van der Waals surface area contributed by atoms with Crippen LogP contribution in [-0.2, 0) is 17.6 Å². The Morgan fingerprint density at radius 1 is 0.783 bits per heavy atom. The number of Topliss-reactive ketones (excluding diaryl/α,β-unsaturated/α-hetero) is 1. The first-order valence-corrected chi connectivity index (χ1v) is 8.18. The highest BCUT2D eigenvalue weighted by atomic mass is 16.3. The zero-order chi connectivity index (χ0) is 16.2. The number of ketones is 1. The second kappa shape index (κ2) is 6.86. The van der Waals surface area contributed by atoms with Crippen molar-refractivity contribution in [2.24, 2.45) is 11.8 Å². The van der Waals surface area contributed by atoms with Gasteiger partial charge in [0.1, 0.15) is 17.3 Å². The van der Waals surface area contributed by atoms with Crippen molar-refractivity contribution in [1.82, 2.24) is 0 Å². The summed E-state index contributed by atoms with van der Waals surface area (Å²) in [5.41, 5.74) is 2.29. The van der Waals surface area contributed by atoms with E-state index in [-0.39, 0.29) is 17.4 Å². The summed E-state index contributed by atoms with van der Waals surface area (Å²) in [6.45, 7) is 0. The molecule has 2 aromatic rings. The van der Waals surface area contributed by atoms with Gasteiger partial charge in [0, 0.05) is 12.3 Å². The number of hydrogen-bond acceptors (Lipinski definition) is 3. The largest absolute Gasteiger partial charge is 0.508 e. The topological polar surface area (TPSA) is 57.5 Å². The highest BCUT2D eigenvalue weighted by Gasteiger charge is 2.28. The van der Waals surface area contributed by atoms with Gasteiger partial charge >= 0.3 is 0 Å². The Kier molecular flexibility index (Phi) is 4.65. The molecule has 0 radical (unpaired) electrons. The quantitative estimate of drug-likeness (QED) is 0.901. The van der Waals surface area contributed by atoms with E-state index in [0.29, 0.717) is 18.1 Å². The van der Waals surface area contributed by atoms with Crippen LogP contribution in [0.1, 0.15) is 30.4 Å². The zero-order valence-electron chi connectivity index (χ0n) is 13.1. The van der Waals surface area contributed by atoms with Crippen LogP contribution < -0.4 is 0 Å². The summed E-state index contributed by atoms with van der Waals surface area (Å²) in [5, 5.41) is 18.7. The van der Waals surface area contributed by atoms with Crippen molar-refractivity contribution < 1.29 is 15.0 Å². The fourth-order valence-corrected chi connectivity index (χ4v) is 3.42. The summed E-state index contributed by atoms with van der Waals surface area (Å²) in [5.74, 6) is 1.41. The molecule has 0 saturated heterocycles. The van der Waals surface area contributed by atoms with Crippen molar-refractivity contribution in [3.63, 3.8) is 0 Å². The molecule has 120 valence electrons. The fraction of sp³-hybridized carbons (Fsp3) is 0.350. The molecular weight excluding hydrogens is 288 g/mol. The molecule has 0 heterocycles. The molecule has 2 N–H and O–H groups in total. The van der Waals surface area contributed by atoms with Crippen LogP contribution in [0.25, 0.3) is 0 Å². The van der Waals surface area contributed by atoms with E-state index < -0.39 is 0 Å². The van der Waals surface area contributed by atoms with Gasteiger partial charge in [0.05, 0.1) is 0 Å². The van der Waals surface area contributed by atoms with Crippen LogP contribution in [0, 0.1) is 11.8 Å². The molecule has 0 aliphatic heterocycles. The van der Waals surface area contributed by atoms with Crippen molar-refractivity contribution in [1.29, 1.82) is 0 Å². The summed E-state index contributed by atoms with van der Waals surface area (Å²) in [6.07, 6.45) is 4.31. The Balaban J connectivity index is 1.55. The number of phenolic OH excluding ortho intramolecular Hbond substituents is 2. The van der Waals surface area contributed by atoms with Gasteiger partial charge in [0.15, 0.2) is 0 Å². The standard InChI is InChI=1S/C20H22O3/c21-18-7-2-14(3-8-18)11-16-1-6-17(20(23)13-16)12-15-4-9-19(22)10-5-15/h2-5,7-10,16-17,21-22H,1,6,11-13H2. The highest BCUT2D eigenvalue weighted by molar-refractivity contribution is 5.82. The van der Waals surface area contributed by atoms with Crippen molar-refractivity contribution in [3.8, 4) is 11.5 Å². The van der Waals surface area contributed by atoms with E-state index in [1.54, 1.807) is 24.3 Å². The van der Waals surface area contributed by atoms with E-state index in [1.807, 2.05) is 24.3 Å². The second-order valence-electron chi connectivity index (χ2n) is 6.55. The van der Waals surface area contributed by atoms with Gasteiger partial charge in [-0.2, -0.15) is 0 Å². The van der Waals surface area contributed by atoms with Crippen LogP contribution in [0.2, 0.25) is 0 Å². The van der Waals surface area contributed by atoms with Gasteiger partial charge in [-0.25, -0.2) is 0 Å². The molecule has 3 heteroatoms. The number of carbonyl (C=O) groups is 1. The van der Waals surface area contributed by atoms with Crippen LogP contribution >= 0.6 is 0 Å². The molecule has 2 unspecified atom stereocenters. The van der Waals surface area contributed by atoms with Gasteiger partial charge in [-0.1, -0.05) is 24.3 Å². The summed E-state index contributed by atoms with van der Waals surface area (Å²) in [7, 11) is 0. The zero-order valence-corrected chi connectivity index (χ0v) is 13.1. The highest BCUT2D eigenvalue weighted by Crippen LogP contribution is 2.31. The molecule has 0 amide bonds. The Morgan fingerprint density at radius 2 is 1.30 bits per heavy atom. The molecule has 23 heavy (non-hydrogen) atoms. The van der Waals surface area contributed by atoms with Crippen LogP contribution in [0.4, 0.5) is 0 Å². The maximum absolute atomic E-state index is 12.4. The number of carbonyl (C=O) groups excluding carboxylic acids is 1. The Labute approximate surface area is 136 Å². The minimum absolute atomic E-state index is 0.107. The lowest BCUT2D eigenvalue weighted by Crippen LogP contribution is -2.27. The monoisotopic (exact) mass is 310 g/mol. The molecule has 3 rings (SSSR count). The molecule has 2 aromatic carbocycles. The first kappa shape index (κ1) is 15.6. The van der Waals surface area contributed by atoms with Crippen molar-refractivity contribution in [2.45, 2.75) is 32.1 Å². The molecule has 0 aromatic heterocycles. The van der Waals surface area contributed by atoms with E-state index in [2.05, 4.69) is 0 Å². The van der Waals surface area contributed by atoms with Crippen LogP contribution in [-0.4, -0.2) is 16.0 Å².